The maximum atomic E-state index is 11.8. The summed E-state index contributed by atoms with van der Waals surface area (Å²) in [5.41, 5.74) is 2.24. The van der Waals surface area contributed by atoms with E-state index in [-0.39, 0.29) is 11.3 Å². The summed E-state index contributed by atoms with van der Waals surface area (Å²) >= 11 is 3.62. The summed E-state index contributed by atoms with van der Waals surface area (Å²) in [6.45, 7) is 3.80. The Morgan fingerprint density at radius 1 is 1.50 bits per heavy atom. The van der Waals surface area contributed by atoms with Crippen molar-refractivity contribution in [3.05, 3.63) is 15.9 Å². The molecule has 1 atom stereocenters. The van der Waals surface area contributed by atoms with Gasteiger partial charge in [-0.2, -0.15) is 5.10 Å². The molecule has 0 saturated carbocycles. The Balaban J connectivity index is 1.87. The molecule has 0 spiro atoms. The molecule has 112 valence electrons. The Labute approximate surface area is 128 Å². The molecule has 5 nitrogen and oxygen atoms in total. The fourth-order valence-corrected chi connectivity index (χ4v) is 5.91. The summed E-state index contributed by atoms with van der Waals surface area (Å²) in [7, 11) is -0.867. The number of hydrogen-bond acceptors (Lipinski definition) is 4. The third kappa shape index (κ3) is 2.33. The average molecular weight is 362 g/mol. The summed E-state index contributed by atoms with van der Waals surface area (Å²) in [6.07, 6.45) is 1.69. The number of nitrogens with zero attached hydrogens (tertiary/aromatic N) is 2. The molecule has 1 N–H and O–H groups in total. The van der Waals surface area contributed by atoms with Crippen LogP contribution in [0.1, 0.15) is 17.8 Å². The molecule has 0 amide bonds. The van der Waals surface area contributed by atoms with Gasteiger partial charge in [0.1, 0.15) is 0 Å². The minimum absolute atomic E-state index is 0.0757. The van der Waals surface area contributed by atoms with Crippen LogP contribution in [-0.4, -0.2) is 42.8 Å². The third-order valence-electron chi connectivity index (χ3n) is 4.83. The second-order valence-electron chi connectivity index (χ2n) is 6.21. The first-order valence-corrected chi connectivity index (χ1v) is 9.53. The van der Waals surface area contributed by atoms with Gasteiger partial charge in [0, 0.05) is 25.6 Å². The van der Waals surface area contributed by atoms with Crippen LogP contribution in [0.4, 0.5) is 0 Å². The standard InChI is InChI=1S/C13H20BrN3O2S/c1-9-12(14)11(17(2)16-9)5-13(7-15-8-13)10-3-4-20(18,19)6-10/h10,15H,3-8H2,1-2H3. The fraction of sp³-hybridized carbons (Fsp3) is 0.769. The van der Waals surface area contributed by atoms with E-state index in [9.17, 15) is 8.42 Å². The molecule has 3 heterocycles. The number of aromatic nitrogens is 2. The Hall–Kier alpha value is -0.400. The lowest BCUT2D eigenvalue weighted by Gasteiger charge is -2.47. The van der Waals surface area contributed by atoms with Gasteiger partial charge in [-0.05, 0) is 41.6 Å². The van der Waals surface area contributed by atoms with Crippen LogP contribution in [0.5, 0.6) is 0 Å². The van der Waals surface area contributed by atoms with E-state index in [0.29, 0.717) is 11.5 Å². The molecule has 0 bridgehead atoms. The lowest BCUT2D eigenvalue weighted by Crippen LogP contribution is -2.59. The molecule has 20 heavy (non-hydrogen) atoms. The molecule has 2 fully saturated rings. The fourth-order valence-electron chi connectivity index (χ4n) is 3.49. The maximum Gasteiger partial charge on any atom is 0.150 e. The van der Waals surface area contributed by atoms with E-state index in [1.54, 1.807) is 0 Å². The van der Waals surface area contributed by atoms with Crippen molar-refractivity contribution >= 4 is 25.8 Å². The van der Waals surface area contributed by atoms with E-state index in [4.69, 9.17) is 0 Å². The molecule has 3 rings (SSSR count). The summed E-state index contributed by atoms with van der Waals surface area (Å²) in [5.74, 6) is 0.976. The number of nitrogens with one attached hydrogen (secondary N) is 1. The number of hydrogen-bond donors (Lipinski definition) is 1. The monoisotopic (exact) mass is 361 g/mol. The van der Waals surface area contributed by atoms with Gasteiger partial charge in [0.15, 0.2) is 9.84 Å². The van der Waals surface area contributed by atoms with Crippen molar-refractivity contribution in [3.8, 4) is 0 Å². The second-order valence-corrected chi connectivity index (χ2v) is 9.23. The van der Waals surface area contributed by atoms with Crippen molar-refractivity contribution < 1.29 is 8.42 Å². The highest BCUT2D eigenvalue weighted by atomic mass is 79.9. The van der Waals surface area contributed by atoms with Crippen molar-refractivity contribution in [2.24, 2.45) is 18.4 Å². The molecule has 2 aliphatic rings. The predicted molar refractivity (Wildman–Crippen MR) is 81.4 cm³/mol. The Bertz CT molecular complexity index is 634. The normalized spacial score (nSPS) is 27.4. The van der Waals surface area contributed by atoms with Gasteiger partial charge < -0.3 is 5.32 Å². The largest absolute Gasteiger partial charge is 0.315 e. The Morgan fingerprint density at radius 2 is 2.20 bits per heavy atom. The van der Waals surface area contributed by atoms with E-state index in [1.165, 1.54) is 5.69 Å². The highest BCUT2D eigenvalue weighted by molar-refractivity contribution is 9.10. The lowest BCUT2D eigenvalue weighted by molar-refractivity contribution is 0.0897. The van der Waals surface area contributed by atoms with Crippen LogP contribution in [0.25, 0.3) is 0 Å². The van der Waals surface area contributed by atoms with Crippen molar-refractivity contribution in [2.75, 3.05) is 24.6 Å². The zero-order valence-corrected chi connectivity index (χ0v) is 14.2. The van der Waals surface area contributed by atoms with Gasteiger partial charge in [0.2, 0.25) is 0 Å². The number of sulfone groups is 1. The first-order chi connectivity index (χ1) is 9.33. The smallest absolute Gasteiger partial charge is 0.150 e. The van der Waals surface area contributed by atoms with Crippen LogP contribution in [0.2, 0.25) is 0 Å². The van der Waals surface area contributed by atoms with E-state index in [2.05, 4.69) is 26.3 Å². The highest BCUT2D eigenvalue weighted by Gasteiger charge is 2.49. The molecular formula is C13H20BrN3O2S. The van der Waals surface area contributed by atoms with Crippen molar-refractivity contribution in [1.82, 2.24) is 15.1 Å². The van der Waals surface area contributed by atoms with Gasteiger partial charge in [0.05, 0.1) is 27.4 Å². The van der Waals surface area contributed by atoms with Gasteiger partial charge in [-0.25, -0.2) is 8.42 Å². The van der Waals surface area contributed by atoms with E-state index in [0.717, 1.165) is 36.1 Å². The minimum Gasteiger partial charge on any atom is -0.315 e. The van der Waals surface area contributed by atoms with Crippen LogP contribution in [0.15, 0.2) is 4.47 Å². The molecule has 2 aliphatic heterocycles. The molecule has 1 unspecified atom stereocenters. The van der Waals surface area contributed by atoms with Crippen LogP contribution in [0, 0.1) is 18.3 Å². The second kappa shape index (κ2) is 4.81. The van der Waals surface area contributed by atoms with Crippen molar-refractivity contribution in [3.63, 3.8) is 0 Å². The zero-order chi connectivity index (χ0) is 14.5. The Kier molecular flexibility index (Phi) is 3.50. The molecule has 1 aromatic heterocycles. The number of halogens is 1. The molecule has 2 saturated heterocycles. The highest BCUT2D eigenvalue weighted by Crippen LogP contribution is 2.43. The maximum absolute atomic E-state index is 11.8. The minimum atomic E-state index is -2.82. The van der Waals surface area contributed by atoms with Crippen molar-refractivity contribution in [1.29, 1.82) is 0 Å². The third-order valence-corrected chi connectivity index (χ3v) is 7.63. The molecule has 7 heteroatoms. The van der Waals surface area contributed by atoms with Gasteiger partial charge in [-0.1, -0.05) is 0 Å². The summed E-state index contributed by atoms with van der Waals surface area (Å²) in [5, 5.41) is 7.77. The zero-order valence-electron chi connectivity index (χ0n) is 11.8. The number of aryl methyl sites for hydroxylation is 2. The average Bonchev–Trinajstić information content (AvgIpc) is 2.77. The molecule has 1 aromatic rings. The topological polar surface area (TPSA) is 64.0 Å². The first-order valence-electron chi connectivity index (χ1n) is 6.92. The van der Waals surface area contributed by atoms with E-state index in [1.807, 2.05) is 18.7 Å². The summed E-state index contributed by atoms with van der Waals surface area (Å²) < 4.78 is 26.5. The summed E-state index contributed by atoms with van der Waals surface area (Å²) in [6, 6.07) is 0. The van der Waals surface area contributed by atoms with Gasteiger partial charge in [0.25, 0.3) is 0 Å². The van der Waals surface area contributed by atoms with Gasteiger partial charge in [-0.3, -0.25) is 4.68 Å². The molecule has 0 radical (unpaired) electrons. The molecule has 0 aromatic carbocycles. The van der Waals surface area contributed by atoms with Gasteiger partial charge in [-0.15, -0.1) is 0 Å². The summed E-state index contributed by atoms with van der Waals surface area (Å²) in [4.78, 5) is 0. The first kappa shape index (κ1) is 14.5. The van der Waals surface area contributed by atoms with Crippen LogP contribution < -0.4 is 5.32 Å². The predicted octanol–water partition coefficient (Wildman–Crippen LogP) is 1.06. The lowest BCUT2D eigenvalue weighted by atomic mass is 9.67. The van der Waals surface area contributed by atoms with E-state index < -0.39 is 9.84 Å². The number of rotatable bonds is 3. The molecular weight excluding hydrogens is 342 g/mol. The van der Waals surface area contributed by atoms with Gasteiger partial charge >= 0.3 is 0 Å². The van der Waals surface area contributed by atoms with Crippen molar-refractivity contribution in [2.45, 2.75) is 19.8 Å². The van der Waals surface area contributed by atoms with Crippen LogP contribution in [0.3, 0.4) is 0 Å². The van der Waals surface area contributed by atoms with Crippen LogP contribution >= 0.6 is 15.9 Å². The molecule has 0 aliphatic carbocycles. The quantitative estimate of drug-likeness (QED) is 0.873. The Morgan fingerprint density at radius 3 is 2.60 bits per heavy atom. The van der Waals surface area contributed by atoms with Crippen LogP contribution in [-0.2, 0) is 23.3 Å². The SMILES string of the molecule is Cc1nn(C)c(CC2(C3CCS(=O)(=O)C3)CNC2)c1Br. The van der Waals surface area contributed by atoms with E-state index >= 15 is 0 Å².